The van der Waals surface area contributed by atoms with Gasteiger partial charge in [-0.05, 0) is 20.3 Å². The first-order valence-corrected chi connectivity index (χ1v) is 5.15. The number of ether oxygens (including phenoxy) is 1. The van der Waals surface area contributed by atoms with E-state index < -0.39 is 0 Å². The fourth-order valence-corrected chi connectivity index (χ4v) is 1.83. The lowest BCUT2D eigenvalue weighted by Crippen LogP contribution is -2.42. The monoisotopic (exact) mass is 200 g/mol. The van der Waals surface area contributed by atoms with E-state index in [1.807, 2.05) is 20.9 Å². The molecule has 0 aromatic rings. The number of rotatable bonds is 3. The molecule has 0 aromatic heterocycles. The largest absolute Gasteiger partial charge is 0.376 e. The summed E-state index contributed by atoms with van der Waals surface area (Å²) in [5.41, 5.74) is 5.59. The zero-order chi connectivity index (χ0) is 10.7. The maximum atomic E-state index is 11.7. The number of carbonyl (C=O) groups excluding carboxylic acids is 1. The molecule has 3 atom stereocenters. The Labute approximate surface area is 85.4 Å². The van der Waals surface area contributed by atoms with Crippen LogP contribution in [-0.4, -0.2) is 42.6 Å². The summed E-state index contributed by atoms with van der Waals surface area (Å²) < 4.78 is 5.42. The Morgan fingerprint density at radius 2 is 2.36 bits per heavy atom. The van der Waals surface area contributed by atoms with E-state index in [0.717, 1.165) is 13.0 Å². The molecule has 3 unspecified atom stereocenters. The number of amides is 1. The Morgan fingerprint density at radius 3 is 2.79 bits per heavy atom. The molecule has 14 heavy (non-hydrogen) atoms. The SMILES string of the molecule is CC(N)CC(=O)N(C)C1CCOC1C. The van der Waals surface area contributed by atoms with Gasteiger partial charge in [-0.25, -0.2) is 0 Å². The van der Waals surface area contributed by atoms with Crippen LogP contribution in [-0.2, 0) is 9.53 Å². The van der Waals surface area contributed by atoms with Crippen LogP contribution in [0.1, 0.15) is 26.7 Å². The molecule has 0 aliphatic carbocycles. The predicted octanol–water partition coefficient (Wildman–Crippen LogP) is 0.359. The lowest BCUT2D eigenvalue weighted by Gasteiger charge is -2.27. The minimum absolute atomic E-state index is 0.0671. The summed E-state index contributed by atoms with van der Waals surface area (Å²) in [7, 11) is 1.83. The highest BCUT2D eigenvalue weighted by atomic mass is 16.5. The zero-order valence-corrected chi connectivity index (χ0v) is 9.19. The van der Waals surface area contributed by atoms with Crippen LogP contribution < -0.4 is 5.73 Å². The van der Waals surface area contributed by atoms with E-state index in [1.165, 1.54) is 0 Å². The fraction of sp³-hybridized carbons (Fsp3) is 0.900. The van der Waals surface area contributed by atoms with Crippen LogP contribution in [0, 0.1) is 0 Å². The predicted molar refractivity (Wildman–Crippen MR) is 54.9 cm³/mol. The van der Waals surface area contributed by atoms with Crippen molar-refractivity contribution in [2.75, 3.05) is 13.7 Å². The van der Waals surface area contributed by atoms with Crippen LogP contribution in [0.25, 0.3) is 0 Å². The Morgan fingerprint density at radius 1 is 1.71 bits per heavy atom. The van der Waals surface area contributed by atoms with Gasteiger partial charge in [-0.1, -0.05) is 0 Å². The fourth-order valence-electron chi connectivity index (χ4n) is 1.83. The Bertz CT molecular complexity index is 206. The normalized spacial score (nSPS) is 28.9. The molecule has 4 nitrogen and oxygen atoms in total. The average molecular weight is 200 g/mol. The van der Waals surface area contributed by atoms with E-state index in [9.17, 15) is 4.79 Å². The van der Waals surface area contributed by atoms with Gasteiger partial charge in [0.1, 0.15) is 0 Å². The summed E-state index contributed by atoms with van der Waals surface area (Å²) in [5.74, 6) is 0.113. The van der Waals surface area contributed by atoms with Crippen molar-refractivity contribution in [3.63, 3.8) is 0 Å². The second-order valence-electron chi connectivity index (χ2n) is 4.12. The van der Waals surface area contributed by atoms with Crippen molar-refractivity contribution in [1.82, 2.24) is 4.90 Å². The van der Waals surface area contributed by atoms with Gasteiger partial charge in [0.15, 0.2) is 0 Å². The third-order valence-corrected chi connectivity index (χ3v) is 2.72. The van der Waals surface area contributed by atoms with Gasteiger partial charge >= 0.3 is 0 Å². The molecule has 1 heterocycles. The van der Waals surface area contributed by atoms with Crippen molar-refractivity contribution < 1.29 is 9.53 Å². The van der Waals surface area contributed by atoms with Gasteiger partial charge in [0.25, 0.3) is 0 Å². The van der Waals surface area contributed by atoms with Gasteiger partial charge in [0.05, 0.1) is 12.1 Å². The maximum Gasteiger partial charge on any atom is 0.224 e. The van der Waals surface area contributed by atoms with Crippen LogP contribution in [0.2, 0.25) is 0 Å². The standard InChI is InChI=1S/C10H20N2O2/c1-7(11)6-10(13)12(3)9-4-5-14-8(9)2/h7-9H,4-6,11H2,1-3H3. The minimum atomic E-state index is -0.0671. The number of hydrogen-bond acceptors (Lipinski definition) is 3. The molecule has 4 heteroatoms. The molecule has 0 radical (unpaired) electrons. The summed E-state index contributed by atoms with van der Waals surface area (Å²) in [6.07, 6.45) is 1.50. The molecular formula is C10H20N2O2. The molecule has 1 aliphatic heterocycles. The molecule has 1 rings (SSSR count). The van der Waals surface area contributed by atoms with Gasteiger partial charge in [-0.15, -0.1) is 0 Å². The highest BCUT2D eigenvalue weighted by molar-refractivity contribution is 5.76. The van der Waals surface area contributed by atoms with Crippen LogP contribution in [0.5, 0.6) is 0 Å². The van der Waals surface area contributed by atoms with Crippen molar-refractivity contribution in [3.05, 3.63) is 0 Å². The third kappa shape index (κ3) is 2.69. The van der Waals surface area contributed by atoms with E-state index in [1.54, 1.807) is 4.90 Å². The van der Waals surface area contributed by atoms with Crippen molar-refractivity contribution in [2.24, 2.45) is 5.73 Å². The van der Waals surface area contributed by atoms with Crippen LogP contribution in [0.15, 0.2) is 0 Å². The Hall–Kier alpha value is -0.610. The van der Waals surface area contributed by atoms with Gasteiger partial charge in [-0.3, -0.25) is 4.79 Å². The third-order valence-electron chi connectivity index (χ3n) is 2.72. The first-order chi connectivity index (χ1) is 6.52. The lowest BCUT2D eigenvalue weighted by molar-refractivity contribution is -0.133. The van der Waals surface area contributed by atoms with Crippen LogP contribution in [0.3, 0.4) is 0 Å². The Balaban J connectivity index is 2.47. The quantitative estimate of drug-likeness (QED) is 0.715. The van der Waals surface area contributed by atoms with E-state index in [4.69, 9.17) is 10.5 Å². The molecule has 82 valence electrons. The minimum Gasteiger partial charge on any atom is -0.376 e. The number of nitrogens with zero attached hydrogens (tertiary/aromatic N) is 1. The van der Waals surface area contributed by atoms with E-state index in [-0.39, 0.29) is 24.1 Å². The number of likely N-dealkylation sites (N-methyl/N-ethyl adjacent to an activating group) is 1. The molecule has 0 spiro atoms. The first-order valence-electron chi connectivity index (χ1n) is 5.15. The molecule has 0 aromatic carbocycles. The van der Waals surface area contributed by atoms with Gasteiger partial charge in [0, 0.05) is 26.1 Å². The summed E-state index contributed by atoms with van der Waals surface area (Å²) in [4.78, 5) is 13.5. The zero-order valence-electron chi connectivity index (χ0n) is 9.19. The molecule has 0 bridgehead atoms. The first kappa shape index (κ1) is 11.5. The molecule has 2 N–H and O–H groups in total. The summed E-state index contributed by atoms with van der Waals surface area (Å²) >= 11 is 0. The second kappa shape index (κ2) is 4.75. The lowest BCUT2D eigenvalue weighted by atomic mass is 10.1. The van der Waals surface area contributed by atoms with Gasteiger partial charge in [-0.2, -0.15) is 0 Å². The molecule has 1 saturated heterocycles. The van der Waals surface area contributed by atoms with E-state index in [0.29, 0.717) is 6.42 Å². The number of carbonyl (C=O) groups is 1. The van der Waals surface area contributed by atoms with Crippen molar-refractivity contribution >= 4 is 5.91 Å². The van der Waals surface area contributed by atoms with Gasteiger partial charge in [0.2, 0.25) is 5.91 Å². The topological polar surface area (TPSA) is 55.6 Å². The van der Waals surface area contributed by atoms with Crippen LogP contribution >= 0.6 is 0 Å². The smallest absolute Gasteiger partial charge is 0.224 e. The van der Waals surface area contributed by atoms with E-state index >= 15 is 0 Å². The van der Waals surface area contributed by atoms with Crippen molar-refractivity contribution in [3.8, 4) is 0 Å². The molecule has 1 amide bonds. The molecule has 0 saturated carbocycles. The highest BCUT2D eigenvalue weighted by Gasteiger charge is 2.30. The van der Waals surface area contributed by atoms with E-state index in [2.05, 4.69) is 0 Å². The molecule has 1 fully saturated rings. The molecular weight excluding hydrogens is 180 g/mol. The van der Waals surface area contributed by atoms with Crippen molar-refractivity contribution in [1.29, 1.82) is 0 Å². The van der Waals surface area contributed by atoms with Gasteiger partial charge < -0.3 is 15.4 Å². The maximum absolute atomic E-state index is 11.7. The second-order valence-corrected chi connectivity index (χ2v) is 4.12. The Kier molecular flexibility index (Phi) is 3.89. The molecule has 1 aliphatic rings. The summed E-state index contributed by atoms with van der Waals surface area (Å²) in [6, 6.07) is 0.156. The summed E-state index contributed by atoms with van der Waals surface area (Å²) in [5, 5.41) is 0. The number of nitrogens with two attached hydrogens (primary N) is 1. The summed E-state index contributed by atoms with van der Waals surface area (Å²) in [6.45, 7) is 4.61. The number of hydrogen-bond donors (Lipinski definition) is 1. The van der Waals surface area contributed by atoms with Crippen molar-refractivity contribution in [2.45, 2.75) is 44.9 Å². The average Bonchev–Trinajstić information content (AvgIpc) is 2.48. The highest BCUT2D eigenvalue weighted by Crippen LogP contribution is 2.18. The van der Waals surface area contributed by atoms with Crippen LogP contribution in [0.4, 0.5) is 0 Å².